The van der Waals surface area contributed by atoms with Crippen LogP contribution in [0.1, 0.15) is 58.3 Å². The lowest BCUT2D eigenvalue weighted by molar-refractivity contribution is -0.137. The van der Waals surface area contributed by atoms with Crippen LogP contribution in [0.2, 0.25) is 0 Å². The minimum Gasteiger partial charge on any atom is -0.376 e. The van der Waals surface area contributed by atoms with Crippen molar-refractivity contribution in [1.82, 2.24) is 5.32 Å². The fourth-order valence-corrected chi connectivity index (χ4v) is 4.57. The van der Waals surface area contributed by atoms with Crippen LogP contribution in [0.3, 0.4) is 0 Å². The summed E-state index contributed by atoms with van der Waals surface area (Å²) in [7, 11) is 0. The van der Waals surface area contributed by atoms with Gasteiger partial charge in [-0.25, -0.2) is 0 Å². The normalized spacial score (nSPS) is 38.8. The quantitative estimate of drug-likeness (QED) is 0.811. The predicted octanol–water partition coefficient (Wildman–Crippen LogP) is 1.98. The first-order valence-corrected chi connectivity index (χ1v) is 9.42. The van der Waals surface area contributed by atoms with E-state index in [1.54, 1.807) is 0 Å². The highest BCUT2D eigenvalue weighted by Crippen LogP contribution is 2.39. The van der Waals surface area contributed by atoms with Crippen molar-refractivity contribution < 1.29 is 14.3 Å². The van der Waals surface area contributed by atoms with Gasteiger partial charge in [0.15, 0.2) is 0 Å². The van der Waals surface area contributed by atoms with Crippen LogP contribution in [-0.2, 0) is 14.3 Å². The van der Waals surface area contributed by atoms with Crippen LogP contribution in [0.15, 0.2) is 0 Å². The summed E-state index contributed by atoms with van der Waals surface area (Å²) in [5.74, 6) is 1.13. The fourth-order valence-electron chi connectivity index (χ4n) is 4.57. The van der Waals surface area contributed by atoms with E-state index in [4.69, 9.17) is 15.2 Å². The molecule has 4 atom stereocenters. The standard InChI is InChI=1S/C18H32N2O3/c1-12(23-11-16-7-2-3-8-22-16)18(21)20-17-13-5-4-6-14(17)10-15(19)9-13/h12-17H,2-11,19H2,1H3,(H,20,21). The first-order valence-electron chi connectivity index (χ1n) is 9.42. The van der Waals surface area contributed by atoms with E-state index in [-0.39, 0.29) is 12.0 Å². The molecule has 1 amide bonds. The molecule has 1 heterocycles. The summed E-state index contributed by atoms with van der Waals surface area (Å²) in [6.45, 7) is 3.19. The maximum Gasteiger partial charge on any atom is 0.249 e. The molecule has 3 N–H and O–H groups in total. The smallest absolute Gasteiger partial charge is 0.249 e. The number of carbonyl (C=O) groups excluding carboxylic acids is 1. The number of hydrogen-bond donors (Lipinski definition) is 2. The van der Waals surface area contributed by atoms with E-state index in [1.165, 1.54) is 25.7 Å². The van der Waals surface area contributed by atoms with Crippen molar-refractivity contribution in [3.63, 3.8) is 0 Å². The number of hydrogen-bond acceptors (Lipinski definition) is 4. The van der Waals surface area contributed by atoms with Crippen LogP contribution in [-0.4, -0.2) is 43.4 Å². The molecule has 3 rings (SSSR count). The van der Waals surface area contributed by atoms with Crippen molar-refractivity contribution in [1.29, 1.82) is 0 Å². The van der Waals surface area contributed by atoms with Crippen LogP contribution >= 0.6 is 0 Å². The first kappa shape index (κ1) is 17.2. The summed E-state index contributed by atoms with van der Waals surface area (Å²) in [6.07, 6.45) is 8.89. The van der Waals surface area contributed by atoms with E-state index in [1.807, 2.05) is 6.92 Å². The van der Waals surface area contributed by atoms with Crippen LogP contribution in [0.25, 0.3) is 0 Å². The van der Waals surface area contributed by atoms with Crippen molar-refractivity contribution >= 4 is 5.91 Å². The zero-order valence-corrected chi connectivity index (χ0v) is 14.3. The lowest BCUT2D eigenvalue weighted by Gasteiger charge is -2.45. The van der Waals surface area contributed by atoms with Gasteiger partial charge in [-0.2, -0.15) is 0 Å². The van der Waals surface area contributed by atoms with E-state index in [0.29, 0.717) is 30.5 Å². The Kier molecular flexibility index (Phi) is 5.94. The molecule has 0 aromatic rings. The molecule has 1 saturated heterocycles. The van der Waals surface area contributed by atoms with Crippen LogP contribution < -0.4 is 11.1 Å². The molecule has 0 aromatic carbocycles. The zero-order chi connectivity index (χ0) is 16.2. The highest BCUT2D eigenvalue weighted by molar-refractivity contribution is 5.80. The van der Waals surface area contributed by atoms with Crippen molar-refractivity contribution in [2.45, 2.75) is 82.6 Å². The average molecular weight is 324 g/mol. The second kappa shape index (κ2) is 7.95. The molecule has 2 saturated carbocycles. The summed E-state index contributed by atoms with van der Waals surface area (Å²) in [6, 6.07) is 0.614. The molecule has 1 aliphatic heterocycles. The van der Waals surface area contributed by atoms with Crippen molar-refractivity contribution in [2.24, 2.45) is 17.6 Å². The summed E-state index contributed by atoms with van der Waals surface area (Å²) < 4.78 is 11.4. The highest BCUT2D eigenvalue weighted by atomic mass is 16.5. The molecule has 0 spiro atoms. The van der Waals surface area contributed by atoms with E-state index < -0.39 is 6.10 Å². The van der Waals surface area contributed by atoms with Crippen molar-refractivity contribution in [3.8, 4) is 0 Å². The molecule has 23 heavy (non-hydrogen) atoms. The van der Waals surface area contributed by atoms with Gasteiger partial charge < -0.3 is 20.5 Å². The Hall–Kier alpha value is -0.650. The summed E-state index contributed by atoms with van der Waals surface area (Å²) in [4.78, 5) is 12.5. The van der Waals surface area contributed by atoms with Gasteiger partial charge >= 0.3 is 0 Å². The minimum atomic E-state index is -0.406. The predicted molar refractivity (Wildman–Crippen MR) is 89.0 cm³/mol. The second-order valence-electron chi connectivity index (χ2n) is 7.68. The van der Waals surface area contributed by atoms with Gasteiger partial charge in [0.05, 0.1) is 12.7 Å². The molecular formula is C18H32N2O3. The van der Waals surface area contributed by atoms with E-state index in [9.17, 15) is 4.79 Å². The maximum absolute atomic E-state index is 12.5. The van der Waals surface area contributed by atoms with Crippen LogP contribution in [0.5, 0.6) is 0 Å². The average Bonchev–Trinajstić information content (AvgIpc) is 2.54. The molecule has 3 aliphatic rings. The van der Waals surface area contributed by atoms with Gasteiger partial charge in [-0.05, 0) is 63.7 Å². The molecule has 5 heteroatoms. The molecule has 2 bridgehead atoms. The zero-order valence-electron chi connectivity index (χ0n) is 14.3. The number of carbonyl (C=O) groups is 1. The topological polar surface area (TPSA) is 73.6 Å². The molecule has 132 valence electrons. The molecule has 3 fully saturated rings. The molecular weight excluding hydrogens is 292 g/mol. The monoisotopic (exact) mass is 324 g/mol. The molecule has 2 aliphatic carbocycles. The van der Waals surface area contributed by atoms with Gasteiger partial charge in [-0.15, -0.1) is 0 Å². The lowest BCUT2D eigenvalue weighted by atomic mass is 9.67. The van der Waals surface area contributed by atoms with Gasteiger partial charge in [0.25, 0.3) is 0 Å². The van der Waals surface area contributed by atoms with E-state index in [2.05, 4.69) is 5.32 Å². The Labute approximate surface area is 139 Å². The maximum atomic E-state index is 12.5. The number of ether oxygens (including phenoxy) is 2. The largest absolute Gasteiger partial charge is 0.376 e. The SMILES string of the molecule is CC(OCC1CCCCO1)C(=O)NC1C2CCCC1CC(N)C2. The number of nitrogens with two attached hydrogens (primary N) is 1. The van der Waals surface area contributed by atoms with E-state index in [0.717, 1.165) is 32.3 Å². The number of amides is 1. The van der Waals surface area contributed by atoms with Gasteiger partial charge in [-0.1, -0.05) is 6.42 Å². The second-order valence-corrected chi connectivity index (χ2v) is 7.68. The number of rotatable bonds is 5. The number of nitrogens with one attached hydrogen (secondary N) is 1. The highest BCUT2D eigenvalue weighted by Gasteiger charge is 2.40. The minimum absolute atomic E-state index is 0.0261. The lowest BCUT2D eigenvalue weighted by Crippen LogP contribution is -2.55. The van der Waals surface area contributed by atoms with Gasteiger partial charge in [-0.3, -0.25) is 4.79 Å². The first-order chi connectivity index (χ1) is 11.1. The fraction of sp³-hybridized carbons (Fsp3) is 0.944. The summed E-state index contributed by atoms with van der Waals surface area (Å²) in [5, 5.41) is 3.27. The Morgan fingerprint density at radius 2 is 1.96 bits per heavy atom. The Bertz CT molecular complexity index is 384. The molecule has 0 radical (unpaired) electrons. The Morgan fingerprint density at radius 1 is 1.22 bits per heavy atom. The van der Waals surface area contributed by atoms with Crippen LogP contribution in [0.4, 0.5) is 0 Å². The van der Waals surface area contributed by atoms with Crippen molar-refractivity contribution in [2.75, 3.05) is 13.2 Å². The number of fused-ring (bicyclic) bond motifs is 2. The third kappa shape index (κ3) is 4.46. The molecule has 5 nitrogen and oxygen atoms in total. The third-order valence-electron chi connectivity index (χ3n) is 5.86. The van der Waals surface area contributed by atoms with Crippen LogP contribution in [0, 0.1) is 11.8 Å². The molecule has 0 aromatic heterocycles. The van der Waals surface area contributed by atoms with Crippen molar-refractivity contribution in [3.05, 3.63) is 0 Å². The van der Waals surface area contributed by atoms with Gasteiger partial charge in [0.1, 0.15) is 6.10 Å². The third-order valence-corrected chi connectivity index (χ3v) is 5.86. The summed E-state index contributed by atoms with van der Waals surface area (Å²) >= 11 is 0. The van der Waals surface area contributed by atoms with E-state index >= 15 is 0 Å². The van der Waals surface area contributed by atoms with Gasteiger partial charge in [0.2, 0.25) is 5.91 Å². The molecule has 4 unspecified atom stereocenters. The Morgan fingerprint density at radius 3 is 2.61 bits per heavy atom. The van der Waals surface area contributed by atoms with Gasteiger partial charge in [0, 0.05) is 18.7 Å². The summed E-state index contributed by atoms with van der Waals surface area (Å²) in [5.41, 5.74) is 6.16. The Balaban J connectivity index is 1.46.